The van der Waals surface area contributed by atoms with Crippen molar-refractivity contribution in [2.45, 2.75) is 51.5 Å². The van der Waals surface area contributed by atoms with Gasteiger partial charge in [-0.05, 0) is 25.7 Å². The van der Waals surface area contributed by atoms with Gasteiger partial charge in [-0.25, -0.2) is 9.67 Å². The van der Waals surface area contributed by atoms with Crippen molar-refractivity contribution in [1.29, 1.82) is 0 Å². The molecule has 0 bridgehead atoms. The molecular formula is C14H18N4O2. The van der Waals surface area contributed by atoms with Gasteiger partial charge in [0.1, 0.15) is 6.20 Å². The van der Waals surface area contributed by atoms with Gasteiger partial charge in [-0.2, -0.15) is 5.10 Å². The van der Waals surface area contributed by atoms with Gasteiger partial charge < -0.3 is 0 Å². The largest absolute Gasteiger partial charge is 0.291 e. The zero-order chi connectivity index (χ0) is 14.1. The normalized spacial score (nSPS) is 16.6. The van der Waals surface area contributed by atoms with Gasteiger partial charge in [0.2, 0.25) is 0 Å². The first kappa shape index (κ1) is 13.0. The maximum atomic E-state index is 11.3. The van der Waals surface area contributed by atoms with E-state index < -0.39 is 0 Å². The summed E-state index contributed by atoms with van der Waals surface area (Å²) in [4.78, 5) is 15.3. The molecule has 2 aromatic heterocycles. The Morgan fingerprint density at radius 2 is 2.10 bits per heavy atom. The van der Waals surface area contributed by atoms with Crippen molar-refractivity contribution in [2.75, 3.05) is 0 Å². The van der Waals surface area contributed by atoms with Gasteiger partial charge in [0, 0.05) is 17.5 Å². The van der Waals surface area contributed by atoms with Gasteiger partial charge in [0.15, 0.2) is 5.65 Å². The van der Waals surface area contributed by atoms with Crippen molar-refractivity contribution in [3.63, 3.8) is 0 Å². The highest BCUT2D eigenvalue weighted by atomic mass is 16.6. The van der Waals surface area contributed by atoms with Crippen molar-refractivity contribution in [3.05, 3.63) is 28.1 Å². The van der Waals surface area contributed by atoms with Gasteiger partial charge >= 0.3 is 0 Å². The van der Waals surface area contributed by atoms with E-state index in [2.05, 4.69) is 10.1 Å². The Kier molecular flexibility index (Phi) is 3.38. The lowest BCUT2D eigenvalue weighted by molar-refractivity contribution is -0.385. The van der Waals surface area contributed by atoms with Crippen molar-refractivity contribution in [3.8, 4) is 0 Å². The summed E-state index contributed by atoms with van der Waals surface area (Å²) in [6.45, 7) is 2.72. The number of rotatable bonds is 3. The molecule has 0 radical (unpaired) electrons. The molecule has 1 fully saturated rings. The summed E-state index contributed by atoms with van der Waals surface area (Å²) < 4.78 is 1.80. The summed E-state index contributed by atoms with van der Waals surface area (Å²) in [7, 11) is 0. The lowest BCUT2D eigenvalue weighted by Crippen LogP contribution is -2.09. The highest BCUT2D eigenvalue weighted by Crippen LogP contribution is 2.40. The molecule has 0 N–H and O–H groups in total. The molecule has 0 amide bonds. The molecule has 0 unspecified atom stereocenters. The molecule has 0 aliphatic heterocycles. The molecule has 2 aromatic rings. The van der Waals surface area contributed by atoms with E-state index in [1.165, 1.54) is 12.6 Å². The second-order valence-corrected chi connectivity index (χ2v) is 5.35. The standard InChI is InChI=1S/C14H18N4O2/c1-2-17-14-11(8-16-17)13(10-6-4-3-5-7-10)12(9-15-14)18(19)20/h8-10H,2-7H2,1H3. The predicted octanol–water partition coefficient (Wildman–Crippen LogP) is 3.41. The molecule has 0 spiro atoms. The van der Waals surface area contributed by atoms with E-state index in [9.17, 15) is 10.1 Å². The summed E-state index contributed by atoms with van der Waals surface area (Å²) in [5, 5.41) is 16.5. The van der Waals surface area contributed by atoms with Crippen LogP contribution in [0.15, 0.2) is 12.4 Å². The van der Waals surface area contributed by atoms with Gasteiger partial charge in [-0.3, -0.25) is 10.1 Å². The van der Waals surface area contributed by atoms with Crippen LogP contribution in [0.25, 0.3) is 11.0 Å². The molecule has 0 saturated heterocycles. The van der Waals surface area contributed by atoms with Crippen LogP contribution in [-0.4, -0.2) is 19.7 Å². The minimum absolute atomic E-state index is 0.153. The fraction of sp³-hybridized carbons (Fsp3) is 0.571. The summed E-state index contributed by atoms with van der Waals surface area (Å²) in [6.07, 6.45) is 8.71. The Labute approximate surface area is 117 Å². The van der Waals surface area contributed by atoms with Crippen LogP contribution in [0.1, 0.15) is 50.5 Å². The maximum absolute atomic E-state index is 11.3. The fourth-order valence-corrected chi connectivity index (χ4v) is 3.23. The van der Waals surface area contributed by atoms with Crippen LogP contribution in [-0.2, 0) is 6.54 Å². The van der Waals surface area contributed by atoms with E-state index >= 15 is 0 Å². The van der Waals surface area contributed by atoms with Crippen molar-refractivity contribution >= 4 is 16.7 Å². The molecule has 1 aliphatic carbocycles. The number of hydrogen-bond acceptors (Lipinski definition) is 4. The van der Waals surface area contributed by atoms with Crippen molar-refractivity contribution in [2.24, 2.45) is 0 Å². The van der Waals surface area contributed by atoms with Crippen LogP contribution in [0, 0.1) is 10.1 Å². The molecule has 0 aromatic carbocycles. The van der Waals surface area contributed by atoms with E-state index in [1.807, 2.05) is 6.92 Å². The van der Waals surface area contributed by atoms with E-state index in [0.717, 1.165) is 48.8 Å². The van der Waals surface area contributed by atoms with Gasteiger partial charge in [0.05, 0.1) is 11.1 Å². The average Bonchev–Trinajstić information content (AvgIpc) is 2.90. The summed E-state index contributed by atoms with van der Waals surface area (Å²) >= 11 is 0. The molecule has 20 heavy (non-hydrogen) atoms. The first-order chi connectivity index (χ1) is 9.72. The zero-order valence-corrected chi connectivity index (χ0v) is 11.6. The fourth-order valence-electron chi connectivity index (χ4n) is 3.23. The predicted molar refractivity (Wildman–Crippen MR) is 75.7 cm³/mol. The summed E-state index contributed by atoms with van der Waals surface area (Å²) in [5.41, 5.74) is 1.76. The number of pyridine rings is 1. The minimum Gasteiger partial charge on any atom is -0.258 e. The molecule has 0 atom stereocenters. The molecule has 6 heteroatoms. The van der Waals surface area contributed by atoms with E-state index in [1.54, 1.807) is 10.9 Å². The first-order valence-corrected chi connectivity index (χ1v) is 7.21. The van der Waals surface area contributed by atoms with Crippen LogP contribution in [0.4, 0.5) is 5.69 Å². The topological polar surface area (TPSA) is 73.8 Å². The number of nitrogens with zero attached hydrogens (tertiary/aromatic N) is 4. The monoisotopic (exact) mass is 274 g/mol. The highest BCUT2D eigenvalue weighted by Gasteiger charge is 2.28. The second kappa shape index (κ2) is 5.19. The van der Waals surface area contributed by atoms with Crippen molar-refractivity contribution in [1.82, 2.24) is 14.8 Å². The Hall–Kier alpha value is -1.98. The third-order valence-electron chi connectivity index (χ3n) is 4.20. The SMILES string of the molecule is CCn1ncc2c(C3CCCCC3)c([N+](=O)[O-])cnc21. The van der Waals surface area contributed by atoms with Gasteiger partial charge in [0.25, 0.3) is 5.69 Å². The van der Waals surface area contributed by atoms with E-state index in [0.29, 0.717) is 0 Å². The molecular weight excluding hydrogens is 256 g/mol. The zero-order valence-electron chi connectivity index (χ0n) is 11.6. The van der Waals surface area contributed by atoms with Crippen LogP contribution in [0.2, 0.25) is 0 Å². The molecule has 1 aliphatic rings. The Morgan fingerprint density at radius 3 is 2.75 bits per heavy atom. The minimum atomic E-state index is -0.306. The van der Waals surface area contributed by atoms with Crippen LogP contribution in [0.5, 0.6) is 0 Å². The molecule has 1 saturated carbocycles. The second-order valence-electron chi connectivity index (χ2n) is 5.35. The lowest BCUT2D eigenvalue weighted by atomic mass is 9.82. The number of hydrogen-bond donors (Lipinski definition) is 0. The first-order valence-electron chi connectivity index (χ1n) is 7.21. The Morgan fingerprint density at radius 1 is 1.35 bits per heavy atom. The van der Waals surface area contributed by atoms with Gasteiger partial charge in [-0.1, -0.05) is 19.3 Å². The Bertz CT molecular complexity index is 644. The lowest BCUT2D eigenvalue weighted by Gasteiger charge is -2.22. The Balaban J connectivity index is 2.20. The number of aromatic nitrogens is 3. The number of nitro groups is 1. The molecule has 3 rings (SSSR count). The number of aryl methyl sites for hydroxylation is 1. The molecule has 106 valence electrons. The maximum Gasteiger partial charge on any atom is 0.291 e. The summed E-state index contributed by atoms with van der Waals surface area (Å²) in [5.74, 6) is 0.268. The molecule has 2 heterocycles. The van der Waals surface area contributed by atoms with Crippen LogP contribution in [0.3, 0.4) is 0 Å². The highest BCUT2D eigenvalue weighted by molar-refractivity contribution is 5.82. The van der Waals surface area contributed by atoms with Crippen LogP contribution >= 0.6 is 0 Å². The average molecular weight is 274 g/mol. The van der Waals surface area contributed by atoms with Crippen molar-refractivity contribution < 1.29 is 4.92 Å². The quantitative estimate of drug-likeness (QED) is 0.635. The van der Waals surface area contributed by atoms with E-state index in [-0.39, 0.29) is 16.5 Å². The van der Waals surface area contributed by atoms with E-state index in [4.69, 9.17) is 0 Å². The summed E-state index contributed by atoms with van der Waals surface area (Å²) in [6, 6.07) is 0. The number of fused-ring (bicyclic) bond motifs is 1. The van der Waals surface area contributed by atoms with Gasteiger partial charge in [-0.15, -0.1) is 0 Å². The third kappa shape index (κ3) is 2.05. The smallest absolute Gasteiger partial charge is 0.258 e. The van der Waals surface area contributed by atoms with Crippen LogP contribution < -0.4 is 0 Å². The third-order valence-corrected chi connectivity index (χ3v) is 4.20. The molecule has 6 nitrogen and oxygen atoms in total.